The Morgan fingerprint density at radius 3 is 2.83 bits per heavy atom. The van der Waals surface area contributed by atoms with Gasteiger partial charge in [0.2, 0.25) is 5.88 Å². The lowest BCUT2D eigenvalue weighted by atomic mass is 10.2. The summed E-state index contributed by atoms with van der Waals surface area (Å²) in [6.07, 6.45) is 1.74. The molecule has 1 aromatic heterocycles. The first-order chi connectivity index (χ1) is 8.63. The van der Waals surface area contributed by atoms with Crippen LogP contribution in [0.5, 0.6) is 5.88 Å². The smallest absolute Gasteiger partial charge is 0.217 e. The van der Waals surface area contributed by atoms with Crippen molar-refractivity contribution in [3.05, 3.63) is 22.3 Å². The topological polar surface area (TPSA) is 43.4 Å². The van der Waals surface area contributed by atoms with Crippen LogP contribution in [0.1, 0.15) is 19.4 Å². The molecule has 4 nitrogen and oxygen atoms in total. The first kappa shape index (κ1) is 15.4. The second kappa shape index (κ2) is 8.45. The molecule has 0 aliphatic carbocycles. The number of pyridine rings is 1. The summed E-state index contributed by atoms with van der Waals surface area (Å²) in [6, 6.07) is 2.03. The zero-order chi connectivity index (χ0) is 13.4. The second-order valence-electron chi connectivity index (χ2n) is 4.48. The van der Waals surface area contributed by atoms with E-state index >= 15 is 0 Å². The highest BCUT2D eigenvalue weighted by molar-refractivity contribution is 9.10. The number of nitrogens with zero attached hydrogens (tertiary/aromatic N) is 1. The van der Waals surface area contributed by atoms with Crippen molar-refractivity contribution in [1.29, 1.82) is 0 Å². The average Bonchev–Trinajstić information content (AvgIpc) is 2.31. The summed E-state index contributed by atoms with van der Waals surface area (Å²) in [5.41, 5.74) is 1.06. The number of hydrogen-bond acceptors (Lipinski definition) is 4. The number of hydrogen-bond donors (Lipinski definition) is 1. The minimum Gasteiger partial charge on any atom is -0.475 e. The fourth-order valence-corrected chi connectivity index (χ4v) is 1.82. The van der Waals surface area contributed by atoms with Gasteiger partial charge in [-0.25, -0.2) is 4.98 Å². The largest absolute Gasteiger partial charge is 0.475 e. The van der Waals surface area contributed by atoms with Crippen LogP contribution in [-0.4, -0.2) is 31.9 Å². The van der Waals surface area contributed by atoms with Gasteiger partial charge in [-0.05, 0) is 34.5 Å². The van der Waals surface area contributed by atoms with E-state index in [0.717, 1.165) is 23.1 Å². The van der Waals surface area contributed by atoms with E-state index in [1.807, 2.05) is 6.07 Å². The van der Waals surface area contributed by atoms with Gasteiger partial charge in [0.25, 0.3) is 0 Å². The van der Waals surface area contributed by atoms with Crippen LogP contribution in [0.3, 0.4) is 0 Å². The highest BCUT2D eigenvalue weighted by atomic mass is 79.9. The molecule has 0 saturated carbocycles. The third-order valence-electron chi connectivity index (χ3n) is 2.29. The number of methoxy groups -OCH3 is 1. The van der Waals surface area contributed by atoms with Crippen LogP contribution in [0, 0.1) is 5.92 Å². The summed E-state index contributed by atoms with van der Waals surface area (Å²) in [6.45, 7) is 7.18. The molecule has 18 heavy (non-hydrogen) atoms. The van der Waals surface area contributed by atoms with Crippen LogP contribution in [0.4, 0.5) is 0 Å². The highest BCUT2D eigenvalue weighted by Crippen LogP contribution is 2.19. The van der Waals surface area contributed by atoms with E-state index in [0.29, 0.717) is 25.0 Å². The van der Waals surface area contributed by atoms with E-state index in [4.69, 9.17) is 9.47 Å². The van der Waals surface area contributed by atoms with Crippen LogP contribution in [-0.2, 0) is 11.3 Å². The predicted octanol–water partition coefficient (Wildman–Crippen LogP) is 2.61. The molecule has 0 amide bonds. The molecule has 0 unspecified atom stereocenters. The number of rotatable bonds is 8. The van der Waals surface area contributed by atoms with Crippen molar-refractivity contribution in [3.63, 3.8) is 0 Å². The fourth-order valence-electron chi connectivity index (χ4n) is 1.44. The maximum Gasteiger partial charge on any atom is 0.217 e. The highest BCUT2D eigenvalue weighted by Gasteiger charge is 2.06. The van der Waals surface area contributed by atoms with Gasteiger partial charge in [-0.1, -0.05) is 13.8 Å². The van der Waals surface area contributed by atoms with Gasteiger partial charge >= 0.3 is 0 Å². The normalized spacial score (nSPS) is 10.9. The maximum absolute atomic E-state index is 5.59. The minimum atomic E-state index is 0.516. The fraction of sp³-hybridized carbons (Fsp3) is 0.615. The molecule has 0 fully saturated rings. The molecule has 1 rings (SSSR count). The van der Waals surface area contributed by atoms with E-state index in [9.17, 15) is 0 Å². The Bertz CT molecular complexity index is 359. The number of aromatic nitrogens is 1. The van der Waals surface area contributed by atoms with E-state index < -0.39 is 0 Å². The van der Waals surface area contributed by atoms with Crippen molar-refractivity contribution in [3.8, 4) is 5.88 Å². The predicted molar refractivity (Wildman–Crippen MR) is 75.9 cm³/mol. The number of halogens is 1. The average molecular weight is 317 g/mol. The third-order valence-corrected chi connectivity index (χ3v) is 2.72. The van der Waals surface area contributed by atoms with Gasteiger partial charge in [-0.2, -0.15) is 0 Å². The Morgan fingerprint density at radius 2 is 2.17 bits per heavy atom. The van der Waals surface area contributed by atoms with Crippen molar-refractivity contribution in [2.45, 2.75) is 20.4 Å². The lowest BCUT2D eigenvalue weighted by Crippen LogP contribution is -2.20. The molecule has 0 radical (unpaired) electrons. The van der Waals surface area contributed by atoms with Crippen LogP contribution >= 0.6 is 15.9 Å². The molecular formula is C13H21BrN2O2. The summed E-state index contributed by atoms with van der Waals surface area (Å²) in [5.74, 6) is 1.30. The molecular weight excluding hydrogens is 296 g/mol. The van der Waals surface area contributed by atoms with Crippen molar-refractivity contribution in [2.75, 3.05) is 26.9 Å². The summed E-state index contributed by atoms with van der Waals surface area (Å²) in [7, 11) is 1.66. The summed E-state index contributed by atoms with van der Waals surface area (Å²) in [4.78, 5) is 4.28. The van der Waals surface area contributed by atoms with E-state index in [-0.39, 0.29) is 0 Å². The van der Waals surface area contributed by atoms with Gasteiger partial charge in [0.1, 0.15) is 6.61 Å². The zero-order valence-corrected chi connectivity index (χ0v) is 12.8. The van der Waals surface area contributed by atoms with Crippen molar-refractivity contribution in [1.82, 2.24) is 10.3 Å². The van der Waals surface area contributed by atoms with Gasteiger partial charge in [-0.15, -0.1) is 0 Å². The molecule has 1 heterocycles. The minimum absolute atomic E-state index is 0.516. The monoisotopic (exact) mass is 316 g/mol. The Kier molecular flexibility index (Phi) is 7.23. The van der Waals surface area contributed by atoms with Crippen LogP contribution in [0.25, 0.3) is 0 Å². The van der Waals surface area contributed by atoms with Crippen molar-refractivity contribution >= 4 is 15.9 Å². The molecule has 1 N–H and O–H groups in total. The number of ether oxygens (including phenoxy) is 2. The molecule has 0 spiro atoms. The molecule has 1 aromatic rings. The van der Waals surface area contributed by atoms with E-state index in [1.165, 1.54) is 0 Å². The van der Waals surface area contributed by atoms with E-state index in [2.05, 4.69) is 40.1 Å². The van der Waals surface area contributed by atoms with Gasteiger partial charge in [0.15, 0.2) is 0 Å². The van der Waals surface area contributed by atoms with Gasteiger partial charge in [0, 0.05) is 29.9 Å². The van der Waals surface area contributed by atoms with Crippen molar-refractivity contribution < 1.29 is 9.47 Å². The Balaban J connectivity index is 2.58. The lowest BCUT2D eigenvalue weighted by Gasteiger charge is -2.12. The summed E-state index contributed by atoms with van der Waals surface area (Å²) >= 11 is 3.43. The molecule has 0 bridgehead atoms. The van der Waals surface area contributed by atoms with E-state index in [1.54, 1.807) is 13.3 Å². The SMILES string of the molecule is COCCOc1ncc(Br)cc1CNCC(C)C. The van der Waals surface area contributed by atoms with Crippen LogP contribution < -0.4 is 10.1 Å². The molecule has 0 aliphatic heterocycles. The van der Waals surface area contributed by atoms with Crippen molar-refractivity contribution in [2.24, 2.45) is 5.92 Å². The summed E-state index contributed by atoms with van der Waals surface area (Å²) < 4.78 is 11.5. The quantitative estimate of drug-likeness (QED) is 0.749. The van der Waals surface area contributed by atoms with Gasteiger partial charge in [-0.3, -0.25) is 0 Å². The first-order valence-corrected chi connectivity index (χ1v) is 6.89. The molecule has 5 heteroatoms. The summed E-state index contributed by atoms with van der Waals surface area (Å²) in [5, 5.41) is 3.39. The molecule has 0 atom stereocenters. The standard InChI is InChI=1S/C13H21BrN2O2/c1-10(2)7-15-8-11-6-12(14)9-16-13(11)18-5-4-17-3/h6,9-10,15H,4-5,7-8H2,1-3H3. The Morgan fingerprint density at radius 1 is 1.39 bits per heavy atom. The third kappa shape index (κ3) is 5.80. The Labute approximate surface area is 117 Å². The molecule has 0 aromatic carbocycles. The molecule has 102 valence electrons. The second-order valence-corrected chi connectivity index (χ2v) is 5.40. The molecule has 0 aliphatic rings. The molecule has 0 saturated heterocycles. The maximum atomic E-state index is 5.59. The zero-order valence-electron chi connectivity index (χ0n) is 11.2. The first-order valence-electron chi connectivity index (χ1n) is 6.10. The van der Waals surface area contributed by atoms with Gasteiger partial charge < -0.3 is 14.8 Å². The van der Waals surface area contributed by atoms with Gasteiger partial charge in [0.05, 0.1) is 6.61 Å². The van der Waals surface area contributed by atoms with Crippen LogP contribution in [0.2, 0.25) is 0 Å². The number of nitrogens with one attached hydrogen (secondary N) is 1. The van der Waals surface area contributed by atoms with Crippen LogP contribution in [0.15, 0.2) is 16.7 Å². The Hall–Kier alpha value is -0.650. The lowest BCUT2D eigenvalue weighted by molar-refractivity contribution is 0.143.